The Morgan fingerprint density at radius 1 is 1.55 bits per heavy atom. The fourth-order valence-electron chi connectivity index (χ4n) is 1.60. The van der Waals surface area contributed by atoms with Gasteiger partial charge in [0.15, 0.2) is 0 Å². The van der Waals surface area contributed by atoms with Crippen LogP contribution in [0.4, 0.5) is 0 Å². The van der Waals surface area contributed by atoms with Crippen LogP contribution in [0.15, 0.2) is 11.4 Å². The van der Waals surface area contributed by atoms with E-state index in [4.69, 9.17) is 5.11 Å². The van der Waals surface area contributed by atoms with E-state index in [9.17, 15) is 0 Å². The molecule has 1 N–H and O–H groups in total. The van der Waals surface area contributed by atoms with Crippen LogP contribution in [-0.4, -0.2) is 11.2 Å². The third-order valence-corrected chi connectivity index (χ3v) is 3.57. The van der Waals surface area contributed by atoms with Gasteiger partial charge in [0.25, 0.3) is 0 Å². The lowest BCUT2D eigenvalue weighted by Gasteiger charge is -2.31. The molecular weight excluding hydrogens is 156 g/mol. The van der Waals surface area contributed by atoms with Gasteiger partial charge in [-0.25, -0.2) is 0 Å². The minimum atomic E-state index is -0.0264. The van der Waals surface area contributed by atoms with Crippen LogP contribution < -0.4 is 0 Å². The van der Waals surface area contributed by atoms with Crippen LogP contribution in [0.3, 0.4) is 0 Å². The van der Waals surface area contributed by atoms with E-state index in [1.807, 2.05) is 11.3 Å². The molecule has 0 amide bonds. The first-order valence-corrected chi connectivity index (χ1v) is 4.87. The number of thiophene rings is 1. The van der Waals surface area contributed by atoms with Crippen molar-refractivity contribution in [3.05, 3.63) is 21.9 Å². The van der Waals surface area contributed by atoms with Gasteiger partial charge >= 0.3 is 0 Å². The standard InChI is InChI=1S/C9H12OS/c1-6-2-3-11-9(6)7-4-8(10)5-7/h2-3,7-8,10H,4-5H2,1H3. The van der Waals surface area contributed by atoms with Gasteiger partial charge in [-0.05, 0) is 42.7 Å². The predicted molar refractivity (Wildman–Crippen MR) is 47.0 cm³/mol. The van der Waals surface area contributed by atoms with Crippen molar-refractivity contribution in [2.75, 3.05) is 0 Å². The van der Waals surface area contributed by atoms with Crippen LogP contribution in [0.5, 0.6) is 0 Å². The van der Waals surface area contributed by atoms with Gasteiger partial charge in [0.05, 0.1) is 6.10 Å². The molecule has 1 aromatic rings. The molecule has 1 nitrogen and oxygen atoms in total. The van der Waals surface area contributed by atoms with Crippen molar-refractivity contribution in [3.63, 3.8) is 0 Å². The third-order valence-electron chi connectivity index (χ3n) is 2.39. The SMILES string of the molecule is Cc1ccsc1C1CC(O)C1. The number of aliphatic hydroxyl groups is 1. The van der Waals surface area contributed by atoms with Crippen molar-refractivity contribution < 1.29 is 5.11 Å². The van der Waals surface area contributed by atoms with Gasteiger partial charge < -0.3 is 5.11 Å². The minimum Gasteiger partial charge on any atom is -0.393 e. The van der Waals surface area contributed by atoms with Gasteiger partial charge in [-0.3, -0.25) is 0 Å². The summed E-state index contributed by atoms with van der Waals surface area (Å²) in [7, 11) is 0. The lowest BCUT2D eigenvalue weighted by Crippen LogP contribution is -2.26. The summed E-state index contributed by atoms with van der Waals surface area (Å²) in [6, 6.07) is 2.16. The van der Waals surface area contributed by atoms with Crippen LogP contribution in [0.2, 0.25) is 0 Å². The Labute approximate surface area is 70.7 Å². The molecular formula is C9H12OS. The zero-order chi connectivity index (χ0) is 7.84. The molecule has 1 fully saturated rings. The largest absolute Gasteiger partial charge is 0.393 e. The first-order valence-electron chi connectivity index (χ1n) is 3.99. The number of rotatable bonds is 1. The first-order chi connectivity index (χ1) is 5.27. The second-order valence-corrected chi connectivity index (χ2v) is 4.24. The van der Waals surface area contributed by atoms with Crippen LogP contribution in [0, 0.1) is 6.92 Å². The maximum atomic E-state index is 9.11. The Morgan fingerprint density at radius 2 is 2.27 bits per heavy atom. The second kappa shape index (κ2) is 2.61. The molecule has 2 heteroatoms. The number of aryl methyl sites for hydroxylation is 1. The maximum absolute atomic E-state index is 9.11. The Balaban J connectivity index is 2.12. The zero-order valence-corrected chi connectivity index (χ0v) is 7.40. The normalized spacial score (nSPS) is 30.0. The fraction of sp³-hybridized carbons (Fsp3) is 0.556. The molecule has 2 rings (SSSR count). The number of aliphatic hydroxyl groups excluding tert-OH is 1. The molecule has 0 aromatic carbocycles. The average molecular weight is 168 g/mol. The Hall–Kier alpha value is -0.340. The van der Waals surface area contributed by atoms with Gasteiger partial charge in [-0.15, -0.1) is 11.3 Å². The molecule has 1 saturated carbocycles. The first kappa shape index (κ1) is 7.32. The smallest absolute Gasteiger partial charge is 0.0552 e. The van der Waals surface area contributed by atoms with Crippen molar-refractivity contribution in [1.29, 1.82) is 0 Å². The van der Waals surface area contributed by atoms with Crippen LogP contribution in [-0.2, 0) is 0 Å². The number of hydrogen-bond acceptors (Lipinski definition) is 2. The van der Waals surface area contributed by atoms with Crippen LogP contribution in [0.25, 0.3) is 0 Å². The van der Waals surface area contributed by atoms with Crippen LogP contribution in [0.1, 0.15) is 29.2 Å². The highest BCUT2D eigenvalue weighted by molar-refractivity contribution is 7.10. The summed E-state index contributed by atoms with van der Waals surface area (Å²) in [5.41, 5.74) is 1.40. The zero-order valence-electron chi connectivity index (χ0n) is 6.58. The molecule has 1 heterocycles. The van der Waals surface area contributed by atoms with E-state index >= 15 is 0 Å². The topological polar surface area (TPSA) is 20.2 Å². The van der Waals surface area contributed by atoms with E-state index in [0.717, 1.165) is 12.8 Å². The van der Waals surface area contributed by atoms with Crippen molar-refractivity contribution in [3.8, 4) is 0 Å². The Kier molecular flexibility index (Phi) is 1.74. The van der Waals surface area contributed by atoms with Crippen molar-refractivity contribution in [2.24, 2.45) is 0 Å². The predicted octanol–water partition coefficient (Wildman–Crippen LogP) is 2.29. The average Bonchev–Trinajstić information content (AvgIpc) is 2.29. The molecule has 0 spiro atoms. The van der Waals surface area contributed by atoms with Crippen LogP contribution >= 0.6 is 11.3 Å². The molecule has 0 unspecified atom stereocenters. The summed E-state index contributed by atoms with van der Waals surface area (Å²) in [6.45, 7) is 2.15. The van der Waals surface area contributed by atoms with Gasteiger partial charge in [-0.2, -0.15) is 0 Å². The van der Waals surface area contributed by atoms with Gasteiger partial charge in [-0.1, -0.05) is 0 Å². The molecule has 0 atom stereocenters. The van der Waals surface area contributed by atoms with Gasteiger partial charge in [0.2, 0.25) is 0 Å². The highest BCUT2D eigenvalue weighted by Crippen LogP contribution is 2.40. The lowest BCUT2D eigenvalue weighted by molar-refractivity contribution is 0.0756. The van der Waals surface area contributed by atoms with E-state index in [1.165, 1.54) is 10.4 Å². The molecule has 60 valence electrons. The Bertz CT molecular complexity index is 248. The third kappa shape index (κ3) is 1.21. The summed E-state index contributed by atoms with van der Waals surface area (Å²) < 4.78 is 0. The van der Waals surface area contributed by atoms with Crippen molar-refractivity contribution in [2.45, 2.75) is 31.8 Å². The van der Waals surface area contributed by atoms with Crippen molar-refractivity contribution >= 4 is 11.3 Å². The molecule has 1 aliphatic rings. The van der Waals surface area contributed by atoms with E-state index < -0.39 is 0 Å². The van der Waals surface area contributed by atoms with Gasteiger partial charge in [0.1, 0.15) is 0 Å². The lowest BCUT2D eigenvalue weighted by atomic mass is 9.80. The molecule has 0 bridgehead atoms. The van der Waals surface area contributed by atoms with E-state index in [-0.39, 0.29) is 6.10 Å². The van der Waals surface area contributed by atoms with E-state index in [0.29, 0.717) is 5.92 Å². The van der Waals surface area contributed by atoms with Gasteiger partial charge in [0, 0.05) is 4.88 Å². The summed E-state index contributed by atoms with van der Waals surface area (Å²) in [6.07, 6.45) is 1.92. The molecule has 0 aliphatic heterocycles. The molecule has 11 heavy (non-hydrogen) atoms. The molecule has 1 aromatic heterocycles. The fourth-order valence-corrected chi connectivity index (χ4v) is 2.66. The van der Waals surface area contributed by atoms with E-state index in [1.54, 1.807) is 0 Å². The monoisotopic (exact) mass is 168 g/mol. The Morgan fingerprint density at radius 3 is 2.73 bits per heavy atom. The molecule has 1 aliphatic carbocycles. The second-order valence-electron chi connectivity index (χ2n) is 3.29. The quantitative estimate of drug-likeness (QED) is 0.682. The van der Waals surface area contributed by atoms with Crippen molar-refractivity contribution in [1.82, 2.24) is 0 Å². The highest BCUT2D eigenvalue weighted by atomic mass is 32.1. The molecule has 0 saturated heterocycles. The minimum absolute atomic E-state index is 0.0264. The number of hydrogen-bond donors (Lipinski definition) is 1. The highest BCUT2D eigenvalue weighted by Gasteiger charge is 2.29. The van der Waals surface area contributed by atoms with E-state index in [2.05, 4.69) is 18.4 Å². The maximum Gasteiger partial charge on any atom is 0.0552 e. The summed E-state index contributed by atoms with van der Waals surface area (Å²) in [5, 5.41) is 11.2. The molecule has 0 radical (unpaired) electrons. The summed E-state index contributed by atoms with van der Waals surface area (Å²) in [4.78, 5) is 1.48. The summed E-state index contributed by atoms with van der Waals surface area (Å²) in [5.74, 6) is 0.657. The summed E-state index contributed by atoms with van der Waals surface area (Å²) >= 11 is 1.82.